The lowest BCUT2D eigenvalue weighted by Gasteiger charge is -2.21. The molecule has 0 aliphatic rings. The van der Waals surface area contributed by atoms with Crippen molar-refractivity contribution in [2.24, 2.45) is 5.41 Å². The van der Waals surface area contributed by atoms with Crippen LogP contribution < -0.4 is 5.32 Å². The van der Waals surface area contributed by atoms with Crippen molar-refractivity contribution < 1.29 is 4.79 Å². The van der Waals surface area contributed by atoms with E-state index in [-0.39, 0.29) is 11.3 Å². The maximum absolute atomic E-state index is 12.1. The van der Waals surface area contributed by atoms with E-state index in [1.807, 2.05) is 39.0 Å². The van der Waals surface area contributed by atoms with Crippen molar-refractivity contribution >= 4 is 16.9 Å². The second-order valence-corrected chi connectivity index (χ2v) is 6.00. The van der Waals surface area contributed by atoms with E-state index in [4.69, 9.17) is 0 Å². The van der Waals surface area contributed by atoms with Crippen LogP contribution in [0.3, 0.4) is 0 Å². The number of imidazole rings is 1. The number of para-hydroxylation sites is 2. The molecule has 2 rings (SSSR count). The van der Waals surface area contributed by atoms with Gasteiger partial charge in [-0.1, -0.05) is 32.9 Å². The van der Waals surface area contributed by atoms with Crippen LogP contribution in [0.2, 0.25) is 0 Å². The lowest BCUT2D eigenvalue weighted by atomic mass is 9.89. The Labute approximate surface area is 126 Å². The molecule has 1 heterocycles. The highest BCUT2D eigenvalue weighted by molar-refractivity contribution is 5.81. The van der Waals surface area contributed by atoms with Crippen LogP contribution in [0.25, 0.3) is 11.0 Å². The molecule has 0 unspecified atom stereocenters. The summed E-state index contributed by atoms with van der Waals surface area (Å²) >= 11 is 0. The van der Waals surface area contributed by atoms with E-state index in [1.165, 1.54) is 0 Å². The van der Waals surface area contributed by atoms with Crippen LogP contribution >= 0.6 is 0 Å². The van der Waals surface area contributed by atoms with Gasteiger partial charge in [0, 0.05) is 24.9 Å². The highest BCUT2D eigenvalue weighted by atomic mass is 16.2. The Morgan fingerprint density at radius 1 is 1.29 bits per heavy atom. The quantitative estimate of drug-likeness (QED) is 0.887. The first kappa shape index (κ1) is 15.5. The second kappa shape index (κ2) is 6.29. The molecule has 1 amide bonds. The monoisotopic (exact) mass is 287 g/mol. The number of nitrogens with zero attached hydrogens (tertiary/aromatic N) is 2. The van der Waals surface area contributed by atoms with Gasteiger partial charge in [-0.05, 0) is 25.5 Å². The van der Waals surface area contributed by atoms with Gasteiger partial charge in [-0.25, -0.2) is 4.98 Å². The van der Waals surface area contributed by atoms with E-state index in [0.717, 1.165) is 36.2 Å². The Morgan fingerprint density at radius 2 is 2.00 bits per heavy atom. The van der Waals surface area contributed by atoms with Crippen LogP contribution in [0, 0.1) is 5.41 Å². The number of amides is 1. The normalized spacial score (nSPS) is 11.8. The molecule has 0 fully saturated rings. The van der Waals surface area contributed by atoms with Crippen molar-refractivity contribution in [2.45, 2.75) is 47.1 Å². The highest BCUT2D eigenvalue weighted by Gasteiger charge is 2.24. The Kier molecular flexibility index (Phi) is 4.66. The van der Waals surface area contributed by atoms with Crippen molar-refractivity contribution in [3.63, 3.8) is 0 Å². The van der Waals surface area contributed by atoms with E-state index in [9.17, 15) is 4.79 Å². The summed E-state index contributed by atoms with van der Waals surface area (Å²) < 4.78 is 2.21. The first-order valence-electron chi connectivity index (χ1n) is 7.72. The van der Waals surface area contributed by atoms with Gasteiger partial charge in [0.15, 0.2) is 0 Å². The molecule has 0 saturated heterocycles. The number of fused-ring (bicyclic) bond motifs is 1. The smallest absolute Gasteiger partial charge is 0.225 e. The number of benzene rings is 1. The van der Waals surface area contributed by atoms with Gasteiger partial charge in [0.25, 0.3) is 0 Å². The standard InChI is InChI=1S/C17H25N3O/c1-5-17(3,4)16(21)18-12-11-15-19-13-9-7-8-10-14(13)20(15)6-2/h7-10H,5-6,11-12H2,1-4H3,(H,18,21). The Bertz CT molecular complexity index is 628. The fourth-order valence-corrected chi connectivity index (χ4v) is 2.36. The van der Waals surface area contributed by atoms with Crippen molar-refractivity contribution in [3.8, 4) is 0 Å². The molecule has 1 aromatic carbocycles. The molecule has 0 aliphatic heterocycles. The van der Waals surface area contributed by atoms with Crippen LogP contribution in [0.15, 0.2) is 24.3 Å². The summed E-state index contributed by atoms with van der Waals surface area (Å²) in [7, 11) is 0. The molecule has 0 bridgehead atoms. The second-order valence-electron chi connectivity index (χ2n) is 6.00. The predicted octanol–water partition coefficient (Wildman–Crippen LogP) is 3.15. The molecule has 21 heavy (non-hydrogen) atoms. The topological polar surface area (TPSA) is 46.9 Å². The number of carbonyl (C=O) groups excluding carboxylic acids is 1. The summed E-state index contributed by atoms with van der Waals surface area (Å²) in [6, 6.07) is 8.16. The molecule has 1 aromatic heterocycles. The summed E-state index contributed by atoms with van der Waals surface area (Å²) in [5.74, 6) is 1.15. The number of carbonyl (C=O) groups is 1. The zero-order chi connectivity index (χ0) is 15.5. The number of aromatic nitrogens is 2. The minimum atomic E-state index is -0.301. The number of hydrogen-bond donors (Lipinski definition) is 1. The molecular weight excluding hydrogens is 262 g/mol. The van der Waals surface area contributed by atoms with Gasteiger partial charge in [0.1, 0.15) is 5.82 Å². The van der Waals surface area contributed by atoms with E-state index >= 15 is 0 Å². The maximum Gasteiger partial charge on any atom is 0.225 e. The van der Waals surface area contributed by atoms with E-state index in [2.05, 4.69) is 27.9 Å². The van der Waals surface area contributed by atoms with Crippen LogP contribution in [0.1, 0.15) is 39.9 Å². The molecular formula is C17H25N3O. The van der Waals surface area contributed by atoms with Gasteiger partial charge < -0.3 is 9.88 Å². The number of nitrogens with one attached hydrogen (secondary N) is 1. The minimum Gasteiger partial charge on any atom is -0.355 e. The summed E-state index contributed by atoms with van der Waals surface area (Å²) in [5, 5.41) is 3.03. The van der Waals surface area contributed by atoms with Crippen LogP contribution in [-0.2, 0) is 17.8 Å². The first-order chi connectivity index (χ1) is 9.99. The molecule has 2 aromatic rings. The summed E-state index contributed by atoms with van der Waals surface area (Å²) in [4.78, 5) is 16.7. The van der Waals surface area contributed by atoms with Crippen LogP contribution in [-0.4, -0.2) is 22.0 Å². The largest absolute Gasteiger partial charge is 0.355 e. The summed E-state index contributed by atoms with van der Waals surface area (Å²) in [6.45, 7) is 9.63. The zero-order valence-corrected chi connectivity index (χ0v) is 13.4. The molecule has 1 N–H and O–H groups in total. The number of rotatable bonds is 6. The maximum atomic E-state index is 12.1. The Morgan fingerprint density at radius 3 is 2.67 bits per heavy atom. The van der Waals surface area contributed by atoms with Crippen LogP contribution in [0.4, 0.5) is 0 Å². The lowest BCUT2D eigenvalue weighted by Crippen LogP contribution is -2.37. The van der Waals surface area contributed by atoms with Crippen molar-refractivity contribution in [1.29, 1.82) is 0 Å². The summed E-state index contributed by atoms with van der Waals surface area (Å²) in [6.07, 6.45) is 1.60. The highest BCUT2D eigenvalue weighted by Crippen LogP contribution is 2.19. The van der Waals surface area contributed by atoms with Gasteiger partial charge >= 0.3 is 0 Å². The van der Waals surface area contributed by atoms with Crippen molar-refractivity contribution in [2.75, 3.05) is 6.54 Å². The van der Waals surface area contributed by atoms with Gasteiger partial charge in [-0.3, -0.25) is 4.79 Å². The molecule has 0 atom stereocenters. The summed E-state index contributed by atoms with van der Waals surface area (Å²) in [5.41, 5.74) is 1.88. The van der Waals surface area contributed by atoms with E-state index < -0.39 is 0 Å². The fourth-order valence-electron chi connectivity index (χ4n) is 2.36. The number of aryl methyl sites for hydroxylation is 1. The molecule has 4 nitrogen and oxygen atoms in total. The Balaban J connectivity index is 2.06. The van der Waals surface area contributed by atoms with Gasteiger partial charge in [0.05, 0.1) is 11.0 Å². The molecule has 0 aliphatic carbocycles. The minimum absolute atomic E-state index is 0.115. The third-order valence-electron chi connectivity index (χ3n) is 4.18. The molecule has 0 radical (unpaired) electrons. The Hall–Kier alpha value is -1.84. The van der Waals surface area contributed by atoms with E-state index in [0.29, 0.717) is 6.54 Å². The van der Waals surface area contributed by atoms with Gasteiger partial charge in [0.2, 0.25) is 5.91 Å². The molecule has 4 heteroatoms. The average molecular weight is 287 g/mol. The van der Waals surface area contributed by atoms with E-state index in [1.54, 1.807) is 0 Å². The van der Waals surface area contributed by atoms with Crippen molar-refractivity contribution in [1.82, 2.24) is 14.9 Å². The SMILES string of the molecule is CCn1c(CCNC(=O)C(C)(C)CC)nc2ccccc21. The average Bonchev–Trinajstić information content (AvgIpc) is 2.84. The van der Waals surface area contributed by atoms with Crippen LogP contribution in [0.5, 0.6) is 0 Å². The van der Waals surface area contributed by atoms with Crippen molar-refractivity contribution in [3.05, 3.63) is 30.1 Å². The lowest BCUT2D eigenvalue weighted by molar-refractivity contribution is -0.129. The third-order valence-corrected chi connectivity index (χ3v) is 4.18. The third kappa shape index (κ3) is 3.26. The number of hydrogen-bond acceptors (Lipinski definition) is 2. The zero-order valence-electron chi connectivity index (χ0n) is 13.4. The first-order valence-corrected chi connectivity index (χ1v) is 7.72. The molecule has 0 spiro atoms. The van der Waals surface area contributed by atoms with Gasteiger partial charge in [-0.15, -0.1) is 0 Å². The fraction of sp³-hybridized carbons (Fsp3) is 0.529. The molecule has 114 valence electrons. The molecule has 0 saturated carbocycles. The van der Waals surface area contributed by atoms with Gasteiger partial charge in [-0.2, -0.15) is 0 Å². The predicted molar refractivity (Wildman–Crippen MR) is 86.2 cm³/mol.